The zero-order chi connectivity index (χ0) is 26.8. The molecule has 1 fully saturated rings. The first-order chi connectivity index (χ1) is 18.4. The molecular formula is C25H26F3N7O3. The fourth-order valence-corrected chi connectivity index (χ4v) is 4.35. The summed E-state index contributed by atoms with van der Waals surface area (Å²) in [4.78, 5) is 17.0. The van der Waals surface area contributed by atoms with Crippen LogP contribution in [0.5, 0.6) is 0 Å². The highest BCUT2D eigenvalue weighted by molar-refractivity contribution is 5.96. The fourth-order valence-electron chi connectivity index (χ4n) is 4.35. The predicted molar refractivity (Wildman–Crippen MR) is 133 cm³/mol. The Bertz CT molecular complexity index is 1460. The van der Waals surface area contributed by atoms with Crippen molar-refractivity contribution >= 4 is 17.4 Å². The van der Waals surface area contributed by atoms with Crippen molar-refractivity contribution in [3.63, 3.8) is 0 Å². The van der Waals surface area contributed by atoms with E-state index in [2.05, 4.69) is 20.8 Å². The average Bonchev–Trinajstić information content (AvgIpc) is 3.68. The molecule has 0 radical (unpaired) electrons. The smallest absolute Gasteiger partial charge is 0.266 e. The van der Waals surface area contributed by atoms with Crippen LogP contribution in [0.1, 0.15) is 28.8 Å². The number of anilines is 1. The van der Waals surface area contributed by atoms with E-state index in [1.165, 1.54) is 23.8 Å². The number of aromatic nitrogens is 5. The molecule has 1 atom stereocenters. The van der Waals surface area contributed by atoms with Gasteiger partial charge in [0.25, 0.3) is 12.3 Å². The Hall–Kier alpha value is -3.97. The Balaban J connectivity index is 1.65. The lowest BCUT2D eigenvalue weighted by molar-refractivity contribution is 0.0962. The average molecular weight is 530 g/mol. The molecule has 1 aliphatic rings. The van der Waals surface area contributed by atoms with E-state index in [1.54, 1.807) is 24.2 Å². The van der Waals surface area contributed by atoms with Crippen LogP contribution in [-0.2, 0) is 16.0 Å². The molecule has 38 heavy (non-hydrogen) atoms. The molecular weight excluding hydrogens is 503 g/mol. The van der Waals surface area contributed by atoms with Gasteiger partial charge in [-0.15, -0.1) is 0 Å². The Morgan fingerprint density at radius 3 is 2.76 bits per heavy atom. The second-order valence-corrected chi connectivity index (χ2v) is 8.83. The van der Waals surface area contributed by atoms with Gasteiger partial charge >= 0.3 is 0 Å². The zero-order valence-electron chi connectivity index (χ0n) is 20.7. The molecule has 0 bridgehead atoms. The third-order valence-electron chi connectivity index (χ3n) is 6.35. The van der Waals surface area contributed by atoms with Crippen LogP contribution < -0.4 is 10.6 Å². The number of halogens is 3. The quantitative estimate of drug-likeness (QED) is 0.342. The predicted octanol–water partition coefficient (Wildman–Crippen LogP) is 3.54. The lowest BCUT2D eigenvalue weighted by Gasteiger charge is -2.16. The van der Waals surface area contributed by atoms with Crippen LogP contribution in [-0.4, -0.2) is 70.3 Å². The van der Waals surface area contributed by atoms with Crippen molar-refractivity contribution in [3.05, 3.63) is 53.9 Å². The van der Waals surface area contributed by atoms with Gasteiger partial charge in [0.15, 0.2) is 5.65 Å². The minimum Gasteiger partial charge on any atom is -0.383 e. The van der Waals surface area contributed by atoms with Crippen molar-refractivity contribution in [2.24, 2.45) is 0 Å². The number of benzene rings is 1. The molecule has 4 heterocycles. The molecule has 4 aromatic rings. The second-order valence-electron chi connectivity index (χ2n) is 8.83. The number of carbonyl (C=O) groups is 1. The lowest BCUT2D eigenvalue weighted by Crippen LogP contribution is -2.20. The Morgan fingerprint density at radius 1 is 1.21 bits per heavy atom. The highest BCUT2D eigenvalue weighted by Gasteiger charge is 2.25. The molecule has 5 rings (SSSR count). The maximum absolute atomic E-state index is 15.3. The molecule has 1 amide bonds. The van der Waals surface area contributed by atoms with E-state index < -0.39 is 23.7 Å². The topological polar surface area (TPSA) is 108 Å². The number of amides is 1. The highest BCUT2D eigenvalue weighted by Crippen LogP contribution is 2.36. The third kappa shape index (κ3) is 4.94. The lowest BCUT2D eigenvalue weighted by atomic mass is 10.00. The minimum atomic E-state index is -3.12. The number of hydrogen-bond donors (Lipinski definition) is 2. The number of nitrogens with one attached hydrogen (secondary N) is 2. The van der Waals surface area contributed by atoms with Gasteiger partial charge in [-0.2, -0.15) is 10.2 Å². The van der Waals surface area contributed by atoms with Crippen LogP contribution in [0.25, 0.3) is 27.9 Å². The number of hydrogen-bond acceptors (Lipinski definition) is 7. The SMILES string of the molecule is CNC(=O)c1cc(-c2cnn3cc(-c4cnn(CCOC)c4)c(NC4CCOC4)nc23)c(F)c(C(F)F)c1. The van der Waals surface area contributed by atoms with Gasteiger partial charge in [-0.25, -0.2) is 22.7 Å². The number of nitrogens with zero attached hydrogens (tertiary/aromatic N) is 5. The van der Waals surface area contributed by atoms with Gasteiger partial charge in [-0.1, -0.05) is 0 Å². The van der Waals surface area contributed by atoms with Crippen molar-refractivity contribution in [3.8, 4) is 22.3 Å². The summed E-state index contributed by atoms with van der Waals surface area (Å²) in [5, 5.41) is 14.5. The van der Waals surface area contributed by atoms with Crippen molar-refractivity contribution < 1.29 is 27.4 Å². The summed E-state index contributed by atoms with van der Waals surface area (Å²) in [6.07, 6.45) is 4.26. The van der Waals surface area contributed by atoms with Crippen molar-refractivity contribution in [1.82, 2.24) is 29.7 Å². The number of ether oxygens (including phenoxy) is 2. The molecule has 1 unspecified atom stereocenters. The van der Waals surface area contributed by atoms with Gasteiger partial charge in [-0.3, -0.25) is 9.48 Å². The van der Waals surface area contributed by atoms with Crippen LogP contribution in [0.3, 0.4) is 0 Å². The van der Waals surface area contributed by atoms with Gasteiger partial charge in [0.05, 0.1) is 43.8 Å². The normalized spacial score (nSPS) is 15.5. The maximum Gasteiger partial charge on any atom is 0.266 e. The number of rotatable bonds is 9. The summed E-state index contributed by atoms with van der Waals surface area (Å²) in [6, 6.07) is 2.08. The number of alkyl halides is 2. The zero-order valence-corrected chi connectivity index (χ0v) is 20.7. The van der Waals surface area contributed by atoms with Crippen LogP contribution in [0, 0.1) is 5.82 Å². The van der Waals surface area contributed by atoms with Crippen LogP contribution in [0.2, 0.25) is 0 Å². The van der Waals surface area contributed by atoms with E-state index in [0.717, 1.165) is 18.1 Å². The van der Waals surface area contributed by atoms with Crippen molar-refractivity contribution in [2.45, 2.75) is 25.4 Å². The Morgan fingerprint density at radius 2 is 2.05 bits per heavy atom. The molecule has 2 N–H and O–H groups in total. The number of carbonyl (C=O) groups excluding carboxylic acids is 1. The molecule has 13 heteroatoms. The van der Waals surface area contributed by atoms with Gasteiger partial charge in [0.1, 0.15) is 11.6 Å². The molecule has 1 aromatic carbocycles. The molecule has 0 aliphatic carbocycles. The summed E-state index contributed by atoms with van der Waals surface area (Å²) in [5.41, 5.74) is 0.692. The molecule has 10 nitrogen and oxygen atoms in total. The molecule has 0 spiro atoms. The minimum absolute atomic E-state index is 0.00245. The first-order valence-corrected chi connectivity index (χ1v) is 12.0. The van der Waals surface area contributed by atoms with Gasteiger partial charge < -0.3 is 20.1 Å². The molecule has 1 aliphatic heterocycles. The van der Waals surface area contributed by atoms with E-state index in [4.69, 9.17) is 14.5 Å². The summed E-state index contributed by atoms with van der Waals surface area (Å²) in [6.45, 7) is 2.15. The Kier molecular flexibility index (Phi) is 7.29. The fraction of sp³-hybridized carbons (Fsp3) is 0.360. The maximum atomic E-state index is 15.3. The van der Waals surface area contributed by atoms with E-state index >= 15 is 4.39 Å². The standard InChI is InChI=1S/C25H26F3N7O3/c1-29-25(36)14-7-17(21(26)18(8-14)22(27)28)19-10-31-35-12-20(15-9-30-34(11-15)4-6-37-2)23(33-24(19)35)32-16-3-5-38-13-16/h7-12,16,22H,3-6,13H2,1-2H3,(H,29,36)(H,32,33). The first-order valence-electron chi connectivity index (χ1n) is 12.0. The Labute approximate surface area is 215 Å². The third-order valence-corrected chi connectivity index (χ3v) is 6.35. The van der Waals surface area contributed by atoms with Gasteiger partial charge in [-0.05, 0) is 18.6 Å². The summed E-state index contributed by atoms with van der Waals surface area (Å²) in [7, 11) is 2.98. The largest absolute Gasteiger partial charge is 0.383 e. The van der Waals surface area contributed by atoms with Crippen LogP contribution in [0.15, 0.2) is 36.9 Å². The second kappa shape index (κ2) is 10.8. The van der Waals surface area contributed by atoms with E-state index in [9.17, 15) is 13.6 Å². The van der Waals surface area contributed by atoms with Crippen molar-refractivity contribution in [1.29, 1.82) is 0 Å². The van der Waals surface area contributed by atoms with Gasteiger partial charge in [0.2, 0.25) is 0 Å². The highest BCUT2D eigenvalue weighted by atomic mass is 19.3. The summed E-state index contributed by atoms with van der Waals surface area (Å²) >= 11 is 0. The summed E-state index contributed by atoms with van der Waals surface area (Å²) in [5.74, 6) is -1.27. The van der Waals surface area contributed by atoms with E-state index in [1.807, 2.05) is 6.20 Å². The van der Waals surface area contributed by atoms with Crippen LogP contribution >= 0.6 is 0 Å². The molecule has 1 saturated heterocycles. The number of fused-ring (bicyclic) bond motifs is 1. The summed E-state index contributed by atoms with van der Waals surface area (Å²) < 4.78 is 56.5. The monoisotopic (exact) mass is 529 g/mol. The first kappa shape index (κ1) is 25.7. The van der Waals surface area contributed by atoms with E-state index in [-0.39, 0.29) is 28.4 Å². The molecule has 3 aromatic heterocycles. The molecule has 0 saturated carbocycles. The van der Waals surface area contributed by atoms with Crippen molar-refractivity contribution in [2.75, 3.05) is 39.3 Å². The van der Waals surface area contributed by atoms with E-state index in [0.29, 0.717) is 37.7 Å². The number of methoxy groups -OCH3 is 1. The van der Waals surface area contributed by atoms with Gasteiger partial charge in [0, 0.05) is 61.0 Å². The molecule has 200 valence electrons. The van der Waals surface area contributed by atoms with Crippen LogP contribution in [0.4, 0.5) is 19.0 Å².